The van der Waals surface area contributed by atoms with E-state index in [1.807, 2.05) is 18.2 Å². The number of amides is 1. The minimum Gasteiger partial charge on any atom is -0.486 e. The van der Waals surface area contributed by atoms with E-state index in [1.54, 1.807) is 0 Å². The van der Waals surface area contributed by atoms with Gasteiger partial charge in [-0.3, -0.25) is 4.79 Å². The molecule has 6 nitrogen and oxygen atoms in total. The molecule has 4 rings (SSSR count). The lowest BCUT2D eigenvalue weighted by molar-refractivity contribution is -0.150. The summed E-state index contributed by atoms with van der Waals surface area (Å²) in [5.41, 5.74) is 1.04. The molecule has 0 aliphatic carbocycles. The summed E-state index contributed by atoms with van der Waals surface area (Å²) in [6.07, 6.45) is 3.00. The van der Waals surface area contributed by atoms with Crippen LogP contribution in [0.15, 0.2) is 18.2 Å². The van der Waals surface area contributed by atoms with E-state index in [4.69, 9.17) is 14.2 Å². The summed E-state index contributed by atoms with van der Waals surface area (Å²) in [5.74, 6) is 1.71. The number of benzene rings is 1. The van der Waals surface area contributed by atoms with Crippen molar-refractivity contribution in [3.05, 3.63) is 23.8 Å². The standard InChI is InChI=1S/C19H26N2O4/c1-14-2-3-16-17(10-14)25-15(11-23-16)4-7-21-8-5-19(6-9-21)13-20-18(22)12-24-19/h2-3,10,15H,4-9,11-13H2,1H3,(H,20,22). The molecule has 0 aromatic heterocycles. The van der Waals surface area contributed by atoms with Gasteiger partial charge in [0.2, 0.25) is 5.91 Å². The van der Waals surface area contributed by atoms with Gasteiger partial charge in [0.25, 0.3) is 0 Å². The van der Waals surface area contributed by atoms with Crippen LogP contribution in [-0.2, 0) is 9.53 Å². The fourth-order valence-corrected chi connectivity index (χ4v) is 3.78. The number of nitrogens with one attached hydrogen (secondary N) is 1. The van der Waals surface area contributed by atoms with E-state index in [0.717, 1.165) is 50.4 Å². The first-order chi connectivity index (χ1) is 12.1. The van der Waals surface area contributed by atoms with Gasteiger partial charge in [0.05, 0.1) is 5.60 Å². The molecule has 0 bridgehead atoms. The molecule has 25 heavy (non-hydrogen) atoms. The Kier molecular flexibility index (Phi) is 4.56. The number of hydrogen-bond acceptors (Lipinski definition) is 5. The molecule has 1 atom stereocenters. The van der Waals surface area contributed by atoms with E-state index in [-0.39, 0.29) is 24.2 Å². The van der Waals surface area contributed by atoms with Crippen LogP contribution in [0.2, 0.25) is 0 Å². The zero-order valence-electron chi connectivity index (χ0n) is 14.8. The van der Waals surface area contributed by atoms with Crippen molar-refractivity contribution in [2.45, 2.75) is 37.9 Å². The van der Waals surface area contributed by atoms with Gasteiger partial charge in [-0.25, -0.2) is 0 Å². The van der Waals surface area contributed by atoms with E-state index in [9.17, 15) is 4.79 Å². The highest BCUT2D eigenvalue weighted by Crippen LogP contribution is 2.33. The fourth-order valence-electron chi connectivity index (χ4n) is 3.78. The number of morpholine rings is 1. The predicted molar refractivity (Wildman–Crippen MR) is 93.1 cm³/mol. The minimum absolute atomic E-state index is 0.00183. The number of hydrogen-bond donors (Lipinski definition) is 1. The van der Waals surface area contributed by atoms with Gasteiger partial charge >= 0.3 is 0 Å². The first-order valence-corrected chi connectivity index (χ1v) is 9.15. The van der Waals surface area contributed by atoms with Crippen LogP contribution in [0.4, 0.5) is 0 Å². The number of nitrogens with zero attached hydrogens (tertiary/aromatic N) is 1. The number of fused-ring (bicyclic) bond motifs is 1. The van der Waals surface area contributed by atoms with Gasteiger partial charge in [-0.15, -0.1) is 0 Å². The van der Waals surface area contributed by atoms with Crippen molar-refractivity contribution in [2.24, 2.45) is 0 Å². The molecule has 6 heteroatoms. The second-order valence-electron chi connectivity index (χ2n) is 7.38. The molecule has 1 amide bonds. The number of aryl methyl sites for hydroxylation is 1. The van der Waals surface area contributed by atoms with Crippen LogP contribution in [0.1, 0.15) is 24.8 Å². The predicted octanol–water partition coefficient (Wildman–Crippen LogP) is 1.51. The van der Waals surface area contributed by atoms with E-state index in [2.05, 4.69) is 17.1 Å². The quantitative estimate of drug-likeness (QED) is 0.899. The fraction of sp³-hybridized carbons (Fsp3) is 0.632. The van der Waals surface area contributed by atoms with Gasteiger partial charge in [-0.05, 0) is 37.5 Å². The highest BCUT2D eigenvalue weighted by atomic mass is 16.6. The number of carbonyl (C=O) groups excluding carboxylic acids is 1. The Bertz CT molecular complexity index is 628. The third-order valence-electron chi connectivity index (χ3n) is 5.47. The Hall–Kier alpha value is -1.79. The van der Waals surface area contributed by atoms with Crippen LogP contribution in [0.5, 0.6) is 11.5 Å². The molecule has 2 fully saturated rings. The lowest BCUT2D eigenvalue weighted by Crippen LogP contribution is -2.57. The van der Waals surface area contributed by atoms with E-state index < -0.39 is 0 Å². The summed E-state index contributed by atoms with van der Waals surface area (Å²) < 4.78 is 17.8. The number of likely N-dealkylation sites (tertiary alicyclic amines) is 1. The molecule has 1 aromatic carbocycles. The summed E-state index contributed by atoms with van der Waals surface area (Å²) in [6, 6.07) is 6.07. The maximum absolute atomic E-state index is 11.3. The maximum Gasteiger partial charge on any atom is 0.246 e. The summed E-state index contributed by atoms with van der Waals surface area (Å²) in [6.45, 7) is 6.52. The number of ether oxygens (including phenoxy) is 3. The Morgan fingerprint density at radius 3 is 2.88 bits per heavy atom. The van der Waals surface area contributed by atoms with Crippen molar-refractivity contribution >= 4 is 5.91 Å². The average molecular weight is 346 g/mol. The maximum atomic E-state index is 11.3. The van der Waals surface area contributed by atoms with Crippen molar-refractivity contribution in [1.29, 1.82) is 0 Å². The molecule has 3 aliphatic rings. The Morgan fingerprint density at radius 1 is 1.28 bits per heavy atom. The Labute approximate surface area is 148 Å². The number of piperidine rings is 1. The first-order valence-electron chi connectivity index (χ1n) is 9.15. The van der Waals surface area contributed by atoms with Gasteiger partial charge in [0.1, 0.15) is 19.3 Å². The average Bonchev–Trinajstić information content (AvgIpc) is 2.63. The monoisotopic (exact) mass is 346 g/mol. The molecule has 3 aliphatic heterocycles. The van der Waals surface area contributed by atoms with E-state index in [1.165, 1.54) is 5.56 Å². The van der Waals surface area contributed by atoms with Crippen molar-refractivity contribution in [1.82, 2.24) is 10.2 Å². The minimum atomic E-state index is -0.147. The highest BCUT2D eigenvalue weighted by molar-refractivity contribution is 5.78. The van der Waals surface area contributed by atoms with Crippen molar-refractivity contribution in [3.63, 3.8) is 0 Å². The zero-order chi connectivity index (χ0) is 17.3. The van der Waals surface area contributed by atoms with Crippen LogP contribution in [0.25, 0.3) is 0 Å². The first kappa shape index (κ1) is 16.7. The molecular weight excluding hydrogens is 320 g/mol. The Balaban J connectivity index is 1.24. The molecule has 3 heterocycles. The van der Waals surface area contributed by atoms with Gasteiger partial charge < -0.3 is 24.4 Å². The Morgan fingerprint density at radius 2 is 2.12 bits per heavy atom. The lowest BCUT2D eigenvalue weighted by atomic mass is 9.90. The molecule has 1 unspecified atom stereocenters. The summed E-state index contributed by atoms with van der Waals surface area (Å²) in [4.78, 5) is 13.7. The third kappa shape index (κ3) is 3.75. The molecule has 0 saturated carbocycles. The molecule has 1 aromatic rings. The SMILES string of the molecule is Cc1ccc2c(c1)OC(CCN1CCC3(CC1)CNC(=O)CO3)CO2. The van der Waals surface area contributed by atoms with Crippen LogP contribution >= 0.6 is 0 Å². The number of carbonyl (C=O) groups is 1. The molecule has 1 N–H and O–H groups in total. The van der Waals surface area contributed by atoms with Gasteiger partial charge in [-0.2, -0.15) is 0 Å². The second kappa shape index (κ2) is 6.84. The molecular formula is C19H26N2O4. The van der Waals surface area contributed by atoms with Crippen LogP contribution in [0.3, 0.4) is 0 Å². The van der Waals surface area contributed by atoms with Crippen LogP contribution in [0, 0.1) is 6.92 Å². The smallest absolute Gasteiger partial charge is 0.246 e. The number of rotatable bonds is 3. The van der Waals surface area contributed by atoms with Gasteiger partial charge in [0.15, 0.2) is 11.5 Å². The topological polar surface area (TPSA) is 60.0 Å². The van der Waals surface area contributed by atoms with Crippen molar-refractivity contribution in [2.75, 3.05) is 39.4 Å². The van der Waals surface area contributed by atoms with Crippen molar-refractivity contribution < 1.29 is 19.0 Å². The van der Waals surface area contributed by atoms with E-state index >= 15 is 0 Å². The van der Waals surface area contributed by atoms with E-state index in [0.29, 0.717) is 13.2 Å². The van der Waals surface area contributed by atoms with Crippen LogP contribution < -0.4 is 14.8 Å². The summed E-state index contributed by atoms with van der Waals surface area (Å²) >= 11 is 0. The molecule has 1 spiro atoms. The molecule has 2 saturated heterocycles. The third-order valence-corrected chi connectivity index (χ3v) is 5.47. The lowest BCUT2D eigenvalue weighted by Gasteiger charge is -2.43. The highest BCUT2D eigenvalue weighted by Gasteiger charge is 2.39. The summed E-state index contributed by atoms with van der Waals surface area (Å²) in [5, 5.41) is 2.94. The molecule has 136 valence electrons. The summed E-state index contributed by atoms with van der Waals surface area (Å²) in [7, 11) is 0. The van der Waals surface area contributed by atoms with Crippen molar-refractivity contribution in [3.8, 4) is 11.5 Å². The van der Waals surface area contributed by atoms with Gasteiger partial charge in [0, 0.05) is 32.6 Å². The largest absolute Gasteiger partial charge is 0.486 e. The second-order valence-corrected chi connectivity index (χ2v) is 7.38. The van der Waals surface area contributed by atoms with Gasteiger partial charge in [-0.1, -0.05) is 6.07 Å². The van der Waals surface area contributed by atoms with Crippen LogP contribution in [-0.4, -0.2) is 61.9 Å². The normalized spacial score (nSPS) is 25.6. The zero-order valence-corrected chi connectivity index (χ0v) is 14.8. The molecule has 0 radical (unpaired) electrons.